The molecule has 0 saturated heterocycles. The van der Waals surface area contributed by atoms with Gasteiger partial charge in [0.25, 0.3) is 0 Å². The number of fused-ring (bicyclic) bond motifs is 1. The van der Waals surface area contributed by atoms with Crippen LogP contribution >= 0.6 is 23.4 Å². The number of amides is 1. The smallest absolute Gasteiger partial charge is 0.230 e. The lowest BCUT2D eigenvalue weighted by Gasteiger charge is -2.20. The molecule has 0 heterocycles. The molecule has 2 nitrogen and oxygen atoms in total. The third-order valence-electron chi connectivity index (χ3n) is 4.64. The molecule has 1 aliphatic carbocycles. The van der Waals surface area contributed by atoms with Gasteiger partial charge in [0, 0.05) is 10.8 Å². The first-order valence-corrected chi connectivity index (χ1v) is 10.4. The Morgan fingerprint density at radius 3 is 2.76 bits per heavy atom. The first kappa shape index (κ1) is 18.3. The third-order valence-corrected chi connectivity index (χ3v) is 5.88. The highest BCUT2D eigenvalue weighted by molar-refractivity contribution is 7.99. The molecule has 1 amide bonds. The van der Waals surface area contributed by atoms with Crippen molar-refractivity contribution in [2.45, 2.75) is 44.4 Å². The van der Waals surface area contributed by atoms with E-state index in [4.69, 9.17) is 11.6 Å². The molecule has 3 rings (SSSR count). The molecule has 4 heteroatoms. The predicted octanol–water partition coefficient (Wildman–Crippen LogP) is 5.33. The summed E-state index contributed by atoms with van der Waals surface area (Å²) in [6.45, 7) is 2.06. The number of nitrogens with one attached hydrogen (secondary N) is 1. The van der Waals surface area contributed by atoms with Gasteiger partial charge < -0.3 is 5.32 Å². The average Bonchev–Trinajstić information content (AvgIpc) is 2.61. The summed E-state index contributed by atoms with van der Waals surface area (Å²) in [6, 6.07) is 14.5. The van der Waals surface area contributed by atoms with E-state index in [1.807, 2.05) is 24.3 Å². The topological polar surface area (TPSA) is 29.1 Å². The number of carbonyl (C=O) groups excluding carboxylic acids is 1. The maximum atomic E-state index is 12.2. The fourth-order valence-corrected chi connectivity index (χ4v) is 4.28. The highest BCUT2D eigenvalue weighted by Gasteiger charge is 2.14. The lowest BCUT2D eigenvalue weighted by Crippen LogP contribution is -2.28. The summed E-state index contributed by atoms with van der Waals surface area (Å²) in [6.07, 6.45) is 4.93. The predicted molar refractivity (Wildman–Crippen MR) is 107 cm³/mol. The van der Waals surface area contributed by atoms with Gasteiger partial charge >= 0.3 is 0 Å². The molecule has 0 aromatic heterocycles. The Morgan fingerprint density at radius 2 is 1.96 bits per heavy atom. The summed E-state index contributed by atoms with van der Waals surface area (Å²) in [4.78, 5) is 12.2. The number of hydrogen-bond acceptors (Lipinski definition) is 2. The zero-order chi connectivity index (χ0) is 17.6. The average molecular weight is 374 g/mol. The molecule has 0 bridgehead atoms. The van der Waals surface area contributed by atoms with Crippen LogP contribution in [0.1, 0.15) is 48.1 Å². The van der Waals surface area contributed by atoms with Crippen LogP contribution < -0.4 is 5.32 Å². The normalized spacial score (nSPS) is 14.6. The fraction of sp³-hybridized carbons (Fsp3) is 0.381. The zero-order valence-corrected chi connectivity index (χ0v) is 16.1. The van der Waals surface area contributed by atoms with Crippen molar-refractivity contribution >= 4 is 29.3 Å². The number of aryl methyl sites for hydroxylation is 2. The van der Waals surface area contributed by atoms with Crippen molar-refractivity contribution in [1.29, 1.82) is 0 Å². The molecule has 0 aliphatic heterocycles. The number of halogens is 1. The van der Waals surface area contributed by atoms with Crippen LogP contribution in [0.2, 0.25) is 5.02 Å². The Hall–Kier alpha value is -1.45. The Bertz CT molecular complexity index is 746. The summed E-state index contributed by atoms with van der Waals surface area (Å²) in [5, 5.41) is 3.85. The second kappa shape index (κ2) is 8.77. The van der Waals surface area contributed by atoms with Crippen LogP contribution in [-0.4, -0.2) is 11.7 Å². The maximum Gasteiger partial charge on any atom is 0.230 e. The largest absolute Gasteiger partial charge is 0.349 e. The minimum absolute atomic E-state index is 0.0477. The van der Waals surface area contributed by atoms with Crippen molar-refractivity contribution in [2.24, 2.45) is 0 Å². The molecule has 132 valence electrons. The second-order valence-electron chi connectivity index (χ2n) is 6.65. The van der Waals surface area contributed by atoms with E-state index in [0.717, 1.165) is 16.3 Å². The molecule has 0 fully saturated rings. The van der Waals surface area contributed by atoms with Gasteiger partial charge in [-0.2, -0.15) is 0 Å². The van der Waals surface area contributed by atoms with Crippen LogP contribution in [0.5, 0.6) is 0 Å². The van der Waals surface area contributed by atoms with E-state index in [0.29, 0.717) is 5.75 Å². The summed E-state index contributed by atoms with van der Waals surface area (Å²) in [5.41, 5.74) is 5.28. The van der Waals surface area contributed by atoms with Gasteiger partial charge in [0.2, 0.25) is 5.91 Å². The molecule has 0 spiro atoms. The Morgan fingerprint density at radius 1 is 1.16 bits per heavy atom. The van der Waals surface area contributed by atoms with E-state index in [-0.39, 0.29) is 11.9 Å². The maximum absolute atomic E-state index is 12.2. The molecule has 1 aliphatic rings. The minimum Gasteiger partial charge on any atom is -0.349 e. The molecule has 2 aromatic carbocycles. The van der Waals surface area contributed by atoms with E-state index in [9.17, 15) is 4.79 Å². The first-order chi connectivity index (χ1) is 12.1. The van der Waals surface area contributed by atoms with Gasteiger partial charge in [0.15, 0.2) is 0 Å². The Kier molecular flexibility index (Phi) is 6.44. The summed E-state index contributed by atoms with van der Waals surface area (Å²) >= 11 is 7.60. The van der Waals surface area contributed by atoms with Gasteiger partial charge in [-0.3, -0.25) is 4.79 Å². The van der Waals surface area contributed by atoms with Gasteiger partial charge in [-0.05, 0) is 67.0 Å². The van der Waals surface area contributed by atoms with Crippen LogP contribution in [0.3, 0.4) is 0 Å². The quantitative estimate of drug-likeness (QED) is 0.741. The van der Waals surface area contributed by atoms with E-state index < -0.39 is 0 Å². The van der Waals surface area contributed by atoms with Crippen LogP contribution in [0.4, 0.5) is 0 Å². The molecule has 0 radical (unpaired) electrons. The van der Waals surface area contributed by atoms with Crippen LogP contribution in [0, 0.1) is 0 Å². The SMILES string of the molecule is C[C@@H](NC(=O)CSCc1cccc(Cl)c1)c1ccc2c(c1)CCCC2. The third kappa shape index (κ3) is 5.26. The highest BCUT2D eigenvalue weighted by atomic mass is 35.5. The van der Waals surface area contributed by atoms with E-state index in [1.54, 1.807) is 11.8 Å². The van der Waals surface area contributed by atoms with Gasteiger partial charge in [-0.25, -0.2) is 0 Å². The van der Waals surface area contributed by atoms with E-state index in [2.05, 4.69) is 30.4 Å². The van der Waals surface area contributed by atoms with Crippen LogP contribution in [0.15, 0.2) is 42.5 Å². The lowest BCUT2D eigenvalue weighted by molar-refractivity contribution is -0.119. The minimum atomic E-state index is 0.0477. The van der Waals surface area contributed by atoms with Crippen molar-refractivity contribution < 1.29 is 4.79 Å². The lowest BCUT2D eigenvalue weighted by atomic mass is 9.89. The molecule has 1 N–H and O–H groups in total. The highest BCUT2D eigenvalue weighted by Crippen LogP contribution is 2.25. The van der Waals surface area contributed by atoms with Gasteiger partial charge in [0.1, 0.15) is 0 Å². The summed E-state index contributed by atoms with van der Waals surface area (Å²) in [7, 11) is 0. The van der Waals surface area contributed by atoms with E-state index >= 15 is 0 Å². The number of rotatable bonds is 6. The van der Waals surface area contributed by atoms with Crippen molar-refractivity contribution in [3.63, 3.8) is 0 Å². The molecule has 25 heavy (non-hydrogen) atoms. The zero-order valence-electron chi connectivity index (χ0n) is 14.6. The van der Waals surface area contributed by atoms with Crippen molar-refractivity contribution in [2.75, 3.05) is 5.75 Å². The molecule has 2 aromatic rings. The second-order valence-corrected chi connectivity index (χ2v) is 8.07. The Balaban J connectivity index is 1.49. The van der Waals surface area contributed by atoms with Crippen molar-refractivity contribution in [3.05, 3.63) is 69.7 Å². The van der Waals surface area contributed by atoms with E-state index in [1.165, 1.54) is 42.4 Å². The Labute approximate surface area is 159 Å². The van der Waals surface area contributed by atoms with Gasteiger partial charge in [0.05, 0.1) is 11.8 Å². The fourth-order valence-electron chi connectivity index (χ4n) is 3.28. The standard InChI is InChI=1S/C21H24ClNOS/c1-15(18-10-9-17-6-2-3-7-19(17)12-18)23-21(24)14-25-13-16-5-4-8-20(22)11-16/h4-5,8-12,15H,2-3,6-7,13-14H2,1H3,(H,23,24)/t15-/m1/s1. The van der Waals surface area contributed by atoms with Gasteiger partial charge in [-0.1, -0.05) is 41.9 Å². The summed E-state index contributed by atoms with van der Waals surface area (Å²) < 4.78 is 0. The number of thioether (sulfide) groups is 1. The monoisotopic (exact) mass is 373 g/mol. The number of carbonyl (C=O) groups is 1. The number of hydrogen-bond donors (Lipinski definition) is 1. The van der Waals surface area contributed by atoms with Gasteiger partial charge in [-0.15, -0.1) is 11.8 Å². The molecular formula is C21H24ClNOS. The molecule has 0 unspecified atom stereocenters. The molecule has 1 atom stereocenters. The van der Waals surface area contributed by atoms with Crippen LogP contribution in [-0.2, 0) is 23.4 Å². The molecular weight excluding hydrogens is 350 g/mol. The molecule has 0 saturated carbocycles. The van der Waals surface area contributed by atoms with Crippen molar-refractivity contribution in [3.8, 4) is 0 Å². The summed E-state index contributed by atoms with van der Waals surface area (Å²) in [5.74, 6) is 1.33. The first-order valence-electron chi connectivity index (χ1n) is 8.85. The number of benzene rings is 2. The van der Waals surface area contributed by atoms with Crippen molar-refractivity contribution in [1.82, 2.24) is 5.32 Å². The van der Waals surface area contributed by atoms with Crippen LogP contribution in [0.25, 0.3) is 0 Å².